The van der Waals surface area contributed by atoms with Crippen LogP contribution in [0.1, 0.15) is 145 Å². The number of primary amides is 1. The van der Waals surface area contributed by atoms with E-state index < -0.39 is 241 Å². The van der Waals surface area contributed by atoms with E-state index in [4.69, 9.17) is 67.5 Å². The Kier molecular flexibility index (Phi) is 50.1. The molecule has 14 atom stereocenters. The van der Waals surface area contributed by atoms with Gasteiger partial charge in [-0.3, -0.25) is 88.8 Å². The number of nitrogens with zero attached hydrogens (tertiary/aromatic N) is 1. The Morgan fingerprint density at radius 2 is 0.858 bits per heavy atom. The van der Waals surface area contributed by atoms with Crippen molar-refractivity contribution in [1.29, 1.82) is 21.6 Å². The van der Waals surface area contributed by atoms with Crippen molar-refractivity contribution >= 4 is 151 Å². The fourth-order valence-corrected chi connectivity index (χ4v) is 17.6. The molecule has 15 amide bonds. The quantitative estimate of drug-likeness (QED) is 0.00849. The maximum Gasteiger partial charge on any atom is 0.326 e. The molecule has 2 heterocycles. The van der Waals surface area contributed by atoms with E-state index in [1.807, 2.05) is 6.07 Å². The molecule has 0 aromatic heterocycles. The third-order valence-electron chi connectivity index (χ3n) is 22.8. The van der Waals surface area contributed by atoms with Gasteiger partial charge >= 0.3 is 18.0 Å². The van der Waals surface area contributed by atoms with E-state index in [0.717, 1.165) is 5.39 Å². The van der Waals surface area contributed by atoms with Crippen molar-refractivity contribution in [2.45, 2.75) is 232 Å². The van der Waals surface area contributed by atoms with Crippen molar-refractivity contribution in [2.75, 3.05) is 63.9 Å². The van der Waals surface area contributed by atoms with Gasteiger partial charge in [-0.1, -0.05) is 88.3 Å². The highest BCUT2D eigenvalue weighted by Gasteiger charge is 2.43. The molecule has 0 bridgehead atoms. The zero-order valence-corrected chi connectivity index (χ0v) is 79.9. The number of carboxylic acid groups (broad SMARTS) is 2. The van der Waals surface area contributed by atoms with Crippen molar-refractivity contribution in [3.05, 3.63) is 108 Å². The Morgan fingerprint density at radius 3 is 1.36 bits per heavy atom. The van der Waals surface area contributed by atoms with E-state index in [9.17, 15) is 39.6 Å². The minimum atomic E-state index is -1.92. The lowest BCUT2D eigenvalue weighted by molar-refractivity contribution is -0.143. The number of urea groups is 1. The molecule has 2 saturated heterocycles. The number of carboxylic acids is 2. The third-order valence-corrected chi connectivity index (χ3v) is 25.2. The van der Waals surface area contributed by atoms with Gasteiger partial charge in [0, 0.05) is 76.5 Å². The highest BCUT2D eigenvalue weighted by Crippen LogP contribution is 2.27. The average Bonchev–Trinajstić information content (AvgIpc) is 1.72. The van der Waals surface area contributed by atoms with Gasteiger partial charge in [0.15, 0.2) is 23.8 Å². The summed E-state index contributed by atoms with van der Waals surface area (Å²) < 4.78 is 0. The normalized spacial score (nSPS) is 20.4. The number of carbonyl (C=O) groups excluding carboxylic acids is 14. The number of guanidine groups is 4. The number of hydrogen-bond acceptors (Lipinski definition) is 27. The van der Waals surface area contributed by atoms with Crippen LogP contribution in [0.25, 0.3) is 10.8 Å². The van der Waals surface area contributed by atoms with Gasteiger partial charge in [0.2, 0.25) is 76.8 Å². The molecule has 52 heteroatoms. The van der Waals surface area contributed by atoms with Crippen LogP contribution in [0.3, 0.4) is 0 Å². The van der Waals surface area contributed by atoms with Crippen LogP contribution in [0.15, 0.2) is 91.0 Å². The molecule has 4 aromatic carbocycles. The number of rotatable bonds is 46. The topological polar surface area (TPSA) is 865 Å². The Morgan fingerprint density at radius 1 is 0.433 bits per heavy atom. The van der Waals surface area contributed by atoms with Gasteiger partial charge in [-0.25, -0.2) is 9.59 Å². The van der Waals surface area contributed by atoms with E-state index in [-0.39, 0.29) is 178 Å². The first-order chi connectivity index (χ1) is 67.2. The molecule has 774 valence electrons. The van der Waals surface area contributed by atoms with Crippen LogP contribution in [0.4, 0.5) is 4.79 Å². The Hall–Kier alpha value is -14.3. The number of aromatic hydroxyl groups is 2. The molecule has 41 N–H and O–H groups in total. The van der Waals surface area contributed by atoms with E-state index in [1.165, 1.54) is 53.4 Å². The molecule has 0 spiro atoms. The SMILES string of the molecule is N=C(N)NCCC[C@H](NC(=O)[C@@H]1CSSC[C@H](NC(=O)[C@H](Cc2ccc3ccccc3c2)NC(=O)[C@H](CCCNC(=N)N)NC(=O)[C@@H](N)CCCNC(=N)N)C(=O)N[C@@H](Cc2ccc(O)cc2)C(=O)N[C@@H](CCCNC(=N)N)C(=O)N[C@@H](CCCCN)C(=O)N[C@H](CCCCN)C(=O)N2CCC[C@H]2C(=O)N[C@@H](Cc2ccc(O)cc2)C(=O)N[C@@H](CCC(=O)O)C(=O)N[C@@H](CCCNC(N)=O)C(=O)N1)C(=O)O. The fraction of sp³-hybridized carbons (Fsp3) is 0.528. The van der Waals surface area contributed by atoms with E-state index in [2.05, 4.69) is 90.4 Å². The number of unbranched alkanes of at least 4 members (excludes halogenated alkanes) is 2. The van der Waals surface area contributed by atoms with Crippen LogP contribution in [-0.2, 0) is 91.2 Å². The molecule has 2 aliphatic rings. The van der Waals surface area contributed by atoms with Gasteiger partial charge in [0.25, 0.3) is 0 Å². The van der Waals surface area contributed by atoms with E-state index >= 15 is 57.5 Å². The molecule has 0 unspecified atom stereocenters. The van der Waals surface area contributed by atoms with Gasteiger partial charge in [-0.2, -0.15) is 0 Å². The molecule has 50 nitrogen and oxygen atoms in total. The standard InChI is InChI=1S/C89H136N30O20S2/c90-35-5-3-16-57-73(126)112-62(17-4-6-36-91)83(136)119-42-12-22-69(119)82(135)116-65(45-50-26-31-55(121)32-27-50)78(131)111-61(33-34-70(122)123)76(129)109-60(20-10-41-106-89(101)139)75(128)117-67(80(133)113-63(84(137)138)21-11-40-105-88(99)100)47-140-141-48-68(81(134)115-64(44-49-24-29-54(120)30-25-49)77(130)110-59(72(125)108-57)19-9-39-104-87(97)98)118-79(132)66(46-51-23-28-52-13-1-2-14-53(52)43-51)114-74(127)58(18-8-38-103-86(95)96)107-71(124)56(92)15-7-37-102-85(93)94/h1-2,13-14,23-32,43,56-69,120-121H,3-12,15-22,33-42,44-48,90-92H2,(H,107,124)(H,108,125)(H,109,129)(H,110,130)(H,111,131)(H,112,126)(H,113,133)(H,114,127)(H,115,134)(H,116,135)(H,117,128)(H,118,132)(H,122,123)(H,137,138)(H4,93,94,102)(H4,95,96,103)(H4,97,98,104)(H4,99,100,105)(H3,101,106,139)/t56-,57-,58-,59-,60-,61-,62+,63-,64-,65-,66-,67-,68-,69-/m0/s1. The van der Waals surface area contributed by atoms with E-state index in [1.54, 1.807) is 36.4 Å². The maximum absolute atomic E-state index is 16.0. The van der Waals surface area contributed by atoms with Gasteiger partial charge in [-0.15, -0.1) is 0 Å². The summed E-state index contributed by atoms with van der Waals surface area (Å²) >= 11 is 0. The fourth-order valence-electron chi connectivity index (χ4n) is 15.2. The van der Waals surface area contributed by atoms with Crippen molar-refractivity contribution < 1.29 is 97.1 Å². The first-order valence-electron chi connectivity index (χ1n) is 46.4. The number of aliphatic carboxylic acids is 2. The van der Waals surface area contributed by atoms with Gasteiger partial charge in [0.05, 0.1) is 6.04 Å². The number of carbonyl (C=O) groups is 16. The summed E-state index contributed by atoms with van der Waals surface area (Å²) in [6, 6.07) is -1.36. The Bertz CT molecular complexity index is 4940. The van der Waals surface area contributed by atoms with E-state index in [0.29, 0.717) is 50.9 Å². The zero-order valence-electron chi connectivity index (χ0n) is 78.3. The van der Waals surface area contributed by atoms with Crippen molar-refractivity contribution in [2.24, 2.45) is 45.9 Å². The number of phenols is 2. The molecule has 6 rings (SSSR count). The highest BCUT2D eigenvalue weighted by molar-refractivity contribution is 8.76. The van der Waals surface area contributed by atoms with Gasteiger partial charge in [0.1, 0.15) is 90.0 Å². The molecule has 0 saturated carbocycles. The largest absolute Gasteiger partial charge is 0.508 e. The van der Waals surface area contributed by atoms with Crippen molar-refractivity contribution in [3.63, 3.8) is 0 Å². The second-order valence-corrected chi connectivity index (χ2v) is 36.5. The third kappa shape index (κ3) is 42.5. The molecule has 4 aromatic rings. The smallest absolute Gasteiger partial charge is 0.326 e. The van der Waals surface area contributed by atoms with Crippen molar-refractivity contribution in [3.8, 4) is 11.5 Å². The lowest BCUT2D eigenvalue weighted by atomic mass is 10.00. The number of fused-ring (bicyclic) bond motifs is 2. The Balaban J connectivity index is 1.61. The van der Waals surface area contributed by atoms with Crippen LogP contribution in [0.2, 0.25) is 0 Å². The highest BCUT2D eigenvalue weighted by atomic mass is 33.1. The number of hydrogen-bond donors (Lipinski definition) is 33. The van der Waals surface area contributed by atoms with Crippen LogP contribution in [0.5, 0.6) is 11.5 Å². The Labute approximate surface area is 822 Å². The predicted molar refractivity (Wildman–Crippen MR) is 526 cm³/mol. The minimum Gasteiger partial charge on any atom is -0.508 e. The molecular formula is C89H136N30O20S2. The number of benzene rings is 4. The summed E-state index contributed by atoms with van der Waals surface area (Å²) in [6.45, 7) is -0.0834. The number of amides is 15. The predicted octanol–water partition coefficient (Wildman–Crippen LogP) is -5.48. The van der Waals surface area contributed by atoms with Crippen LogP contribution in [-0.4, -0.2) is 292 Å². The first kappa shape index (κ1) is 115. The molecular weight excluding hydrogens is 1870 g/mol. The minimum absolute atomic E-state index is 0.00722. The number of nitrogens with one attached hydrogen (secondary N) is 21. The summed E-state index contributed by atoms with van der Waals surface area (Å²) in [5.41, 5.74) is 47.0. The van der Waals surface area contributed by atoms with Gasteiger partial charge in [-0.05, 0) is 187 Å². The van der Waals surface area contributed by atoms with Gasteiger partial charge < -0.3 is 162 Å². The number of nitrogens with two attached hydrogens (primary N) is 8. The molecule has 2 fully saturated rings. The average molecular weight is 2010 g/mol. The zero-order chi connectivity index (χ0) is 104. The molecule has 0 aliphatic carbocycles. The van der Waals surface area contributed by atoms with Crippen LogP contribution in [0, 0.1) is 21.6 Å². The lowest BCUT2D eigenvalue weighted by Crippen LogP contribution is -2.61. The molecule has 2 aliphatic heterocycles. The molecule has 141 heavy (non-hydrogen) atoms. The summed E-state index contributed by atoms with van der Waals surface area (Å²) in [5.74, 6) is -20.1. The van der Waals surface area contributed by atoms with Crippen molar-refractivity contribution in [1.82, 2.24) is 95.3 Å². The monoisotopic (exact) mass is 2010 g/mol. The second-order valence-electron chi connectivity index (χ2n) is 33.9. The summed E-state index contributed by atoms with van der Waals surface area (Å²) in [5, 5.41) is 118. The summed E-state index contributed by atoms with van der Waals surface area (Å²) in [7, 11) is 1.42. The van der Waals surface area contributed by atoms with Crippen LogP contribution < -0.4 is 136 Å². The molecule has 0 radical (unpaired) electrons. The maximum atomic E-state index is 16.0. The first-order valence-corrected chi connectivity index (χ1v) is 48.9. The second kappa shape index (κ2) is 61.2. The lowest BCUT2D eigenvalue weighted by Gasteiger charge is -2.31. The summed E-state index contributed by atoms with van der Waals surface area (Å²) in [6.07, 6.45) is -3.01. The summed E-state index contributed by atoms with van der Waals surface area (Å²) in [4.78, 5) is 237. The number of phenolic OH excluding ortho intramolecular Hbond substituents is 2. The van der Waals surface area contributed by atoms with Crippen LogP contribution >= 0.6 is 21.6 Å².